The fourth-order valence-corrected chi connectivity index (χ4v) is 2.11. The molecule has 1 heterocycles. The van der Waals surface area contributed by atoms with E-state index in [1.165, 1.54) is 18.5 Å². The number of rotatable bonds is 4. The standard InChI is InChI=1S/C16H12ClFN4/c17-11-3-1-5-13(7-11)21-15-9-16(20-10-19-15)22-14-6-2-4-12(18)8-14/h1-10H,(H2,19,20,21,22). The number of aromatic nitrogens is 2. The van der Waals surface area contributed by atoms with Crippen molar-refractivity contribution in [2.24, 2.45) is 0 Å². The van der Waals surface area contributed by atoms with Crippen LogP contribution in [0.3, 0.4) is 0 Å². The Labute approximate surface area is 132 Å². The minimum Gasteiger partial charge on any atom is -0.340 e. The molecule has 0 atom stereocenters. The number of hydrogen-bond acceptors (Lipinski definition) is 4. The number of nitrogens with zero attached hydrogens (tertiary/aromatic N) is 2. The molecule has 0 bridgehead atoms. The topological polar surface area (TPSA) is 49.8 Å². The number of benzene rings is 2. The second-order valence-electron chi connectivity index (χ2n) is 4.56. The van der Waals surface area contributed by atoms with Gasteiger partial charge in [0.2, 0.25) is 0 Å². The van der Waals surface area contributed by atoms with Crippen LogP contribution in [0.1, 0.15) is 0 Å². The second kappa shape index (κ2) is 6.41. The van der Waals surface area contributed by atoms with Crippen LogP contribution >= 0.6 is 11.6 Å². The van der Waals surface area contributed by atoms with Gasteiger partial charge in [-0.2, -0.15) is 0 Å². The Morgan fingerprint density at radius 3 is 2.09 bits per heavy atom. The first-order valence-corrected chi connectivity index (χ1v) is 6.94. The van der Waals surface area contributed by atoms with Gasteiger partial charge in [-0.1, -0.05) is 23.7 Å². The van der Waals surface area contributed by atoms with Crippen LogP contribution < -0.4 is 10.6 Å². The summed E-state index contributed by atoms with van der Waals surface area (Å²) in [5.41, 5.74) is 1.44. The maximum atomic E-state index is 13.2. The molecule has 0 unspecified atom stereocenters. The van der Waals surface area contributed by atoms with Crippen molar-refractivity contribution in [1.29, 1.82) is 0 Å². The summed E-state index contributed by atoms with van der Waals surface area (Å²) in [5.74, 6) is 0.859. The third-order valence-electron chi connectivity index (χ3n) is 2.86. The quantitative estimate of drug-likeness (QED) is 0.729. The van der Waals surface area contributed by atoms with Gasteiger partial charge in [-0.05, 0) is 36.4 Å². The van der Waals surface area contributed by atoms with Crippen molar-refractivity contribution < 1.29 is 4.39 Å². The molecule has 0 saturated carbocycles. The van der Waals surface area contributed by atoms with E-state index >= 15 is 0 Å². The lowest BCUT2D eigenvalue weighted by atomic mass is 10.3. The Kier molecular flexibility index (Phi) is 4.16. The summed E-state index contributed by atoms with van der Waals surface area (Å²) in [6, 6.07) is 15.2. The molecule has 0 aliphatic rings. The van der Waals surface area contributed by atoms with Crippen LogP contribution in [0.5, 0.6) is 0 Å². The number of anilines is 4. The van der Waals surface area contributed by atoms with Gasteiger partial charge in [0.1, 0.15) is 23.8 Å². The zero-order chi connectivity index (χ0) is 15.4. The summed E-state index contributed by atoms with van der Waals surface area (Å²) in [6.07, 6.45) is 1.43. The van der Waals surface area contributed by atoms with Gasteiger partial charge in [0.25, 0.3) is 0 Å². The van der Waals surface area contributed by atoms with Gasteiger partial charge in [0, 0.05) is 22.5 Å². The maximum absolute atomic E-state index is 13.2. The summed E-state index contributed by atoms with van der Waals surface area (Å²) in [5, 5.41) is 6.79. The van der Waals surface area contributed by atoms with E-state index in [2.05, 4.69) is 20.6 Å². The van der Waals surface area contributed by atoms with Gasteiger partial charge in [-0.3, -0.25) is 0 Å². The van der Waals surface area contributed by atoms with E-state index in [9.17, 15) is 4.39 Å². The lowest BCUT2D eigenvalue weighted by Gasteiger charge is -2.09. The number of nitrogens with one attached hydrogen (secondary N) is 2. The maximum Gasteiger partial charge on any atom is 0.135 e. The smallest absolute Gasteiger partial charge is 0.135 e. The highest BCUT2D eigenvalue weighted by molar-refractivity contribution is 6.30. The van der Waals surface area contributed by atoms with Crippen LogP contribution in [0.2, 0.25) is 5.02 Å². The third-order valence-corrected chi connectivity index (χ3v) is 3.10. The molecule has 0 aliphatic carbocycles. The van der Waals surface area contributed by atoms with Crippen LogP contribution in [0.25, 0.3) is 0 Å². The summed E-state index contributed by atoms with van der Waals surface area (Å²) < 4.78 is 13.2. The zero-order valence-corrected chi connectivity index (χ0v) is 12.2. The third kappa shape index (κ3) is 3.71. The Morgan fingerprint density at radius 2 is 1.45 bits per heavy atom. The van der Waals surface area contributed by atoms with Gasteiger partial charge < -0.3 is 10.6 Å². The molecule has 110 valence electrons. The average Bonchev–Trinajstić information content (AvgIpc) is 2.47. The Balaban J connectivity index is 1.78. The zero-order valence-electron chi connectivity index (χ0n) is 11.4. The summed E-state index contributed by atoms with van der Waals surface area (Å²) in [6.45, 7) is 0. The molecule has 3 rings (SSSR count). The Hall–Kier alpha value is -2.66. The molecule has 1 aromatic heterocycles. The van der Waals surface area contributed by atoms with Crippen LogP contribution in [-0.4, -0.2) is 9.97 Å². The molecule has 0 amide bonds. The molecule has 0 spiro atoms. The van der Waals surface area contributed by atoms with Crippen molar-refractivity contribution in [2.75, 3.05) is 10.6 Å². The van der Waals surface area contributed by atoms with E-state index in [4.69, 9.17) is 11.6 Å². The highest BCUT2D eigenvalue weighted by atomic mass is 35.5. The van der Waals surface area contributed by atoms with Gasteiger partial charge in [0.15, 0.2) is 0 Å². The fourth-order valence-electron chi connectivity index (χ4n) is 1.92. The molecule has 4 nitrogen and oxygen atoms in total. The highest BCUT2D eigenvalue weighted by Gasteiger charge is 2.02. The van der Waals surface area contributed by atoms with Crippen molar-refractivity contribution in [3.8, 4) is 0 Å². The SMILES string of the molecule is Fc1cccc(Nc2cc(Nc3cccc(Cl)c3)ncn2)c1. The van der Waals surface area contributed by atoms with E-state index in [1.807, 2.05) is 12.1 Å². The van der Waals surface area contributed by atoms with E-state index in [1.54, 1.807) is 30.3 Å². The fraction of sp³-hybridized carbons (Fsp3) is 0. The predicted octanol–water partition coefficient (Wildman–Crippen LogP) is 4.76. The minimum atomic E-state index is -0.309. The van der Waals surface area contributed by atoms with E-state index in [0.717, 1.165) is 5.69 Å². The first kappa shape index (κ1) is 14.3. The molecule has 0 radical (unpaired) electrons. The molecule has 3 aromatic rings. The van der Waals surface area contributed by atoms with Crippen molar-refractivity contribution in [3.05, 3.63) is 71.8 Å². The molecular formula is C16H12ClFN4. The van der Waals surface area contributed by atoms with E-state index in [0.29, 0.717) is 22.3 Å². The first-order chi connectivity index (χ1) is 10.7. The van der Waals surface area contributed by atoms with E-state index in [-0.39, 0.29) is 5.82 Å². The van der Waals surface area contributed by atoms with Crippen molar-refractivity contribution in [1.82, 2.24) is 9.97 Å². The lowest BCUT2D eigenvalue weighted by molar-refractivity contribution is 0.628. The van der Waals surface area contributed by atoms with Crippen molar-refractivity contribution >= 4 is 34.6 Å². The molecule has 0 aliphatic heterocycles. The first-order valence-electron chi connectivity index (χ1n) is 6.56. The molecule has 0 fully saturated rings. The van der Waals surface area contributed by atoms with Crippen LogP contribution in [0.15, 0.2) is 60.9 Å². The summed E-state index contributed by atoms with van der Waals surface area (Å²) in [7, 11) is 0. The molecule has 2 N–H and O–H groups in total. The van der Waals surface area contributed by atoms with Crippen LogP contribution in [0.4, 0.5) is 27.4 Å². The van der Waals surface area contributed by atoms with Crippen molar-refractivity contribution in [3.63, 3.8) is 0 Å². The molecular weight excluding hydrogens is 303 g/mol. The average molecular weight is 315 g/mol. The minimum absolute atomic E-state index is 0.309. The summed E-state index contributed by atoms with van der Waals surface area (Å²) >= 11 is 5.94. The Bertz CT molecular complexity index is 732. The molecule has 6 heteroatoms. The van der Waals surface area contributed by atoms with Gasteiger partial charge in [-0.15, -0.1) is 0 Å². The lowest BCUT2D eigenvalue weighted by Crippen LogP contribution is -1.98. The second-order valence-corrected chi connectivity index (χ2v) is 5.00. The number of halogens is 2. The molecule has 0 saturated heterocycles. The van der Waals surface area contributed by atoms with Crippen LogP contribution in [-0.2, 0) is 0 Å². The summed E-state index contributed by atoms with van der Waals surface area (Å²) in [4.78, 5) is 8.26. The number of hydrogen-bond donors (Lipinski definition) is 2. The van der Waals surface area contributed by atoms with Gasteiger partial charge >= 0.3 is 0 Å². The molecule has 2 aromatic carbocycles. The monoisotopic (exact) mass is 314 g/mol. The largest absolute Gasteiger partial charge is 0.340 e. The Morgan fingerprint density at radius 1 is 0.818 bits per heavy atom. The van der Waals surface area contributed by atoms with E-state index < -0.39 is 0 Å². The van der Waals surface area contributed by atoms with Gasteiger partial charge in [0.05, 0.1) is 0 Å². The predicted molar refractivity (Wildman–Crippen MR) is 86.4 cm³/mol. The van der Waals surface area contributed by atoms with Gasteiger partial charge in [-0.25, -0.2) is 14.4 Å². The van der Waals surface area contributed by atoms with Crippen molar-refractivity contribution in [2.45, 2.75) is 0 Å². The molecule has 22 heavy (non-hydrogen) atoms. The van der Waals surface area contributed by atoms with Crippen LogP contribution in [0, 0.1) is 5.82 Å². The highest BCUT2D eigenvalue weighted by Crippen LogP contribution is 2.21. The normalized spacial score (nSPS) is 10.3.